The van der Waals surface area contributed by atoms with Crippen molar-refractivity contribution in [3.05, 3.63) is 29.8 Å². The van der Waals surface area contributed by atoms with Crippen LogP contribution in [0.2, 0.25) is 0 Å². The van der Waals surface area contributed by atoms with E-state index in [1.807, 2.05) is 17.0 Å². The Morgan fingerprint density at radius 1 is 1.22 bits per heavy atom. The lowest BCUT2D eigenvalue weighted by molar-refractivity contribution is -0.137. The standard InChI is InChI=1S/C19H26N2O2/c1-3-15-6-8-17(9-7-15)21-13-16(11-18(21)22)19(23)20-10-4-5-14(2)12-20/h6-9,14,16H,3-5,10-13H2,1-2H3. The summed E-state index contributed by atoms with van der Waals surface area (Å²) in [4.78, 5) is 28.8. The lowest BCUT2D eigenvalue weighted by Crippen LogP contribution is -2.43. The van der Waals surface area contributed by atoms with E-state index in [1.165, 1.54) is 12.0 Å². The minimum Gasteiger partial charge on any atom is -0.342 e. The summed E-state index contributed by atoms with van der Waals surface area (Å²) in [5.74, 6) is 0.622. The SMILES string of the molecule is CCc1ccc(N2CC(C(=O)N3CCCC(C)C3)CC2=O)cc1. The zero-order valence-electron chi connectivity index (χ0n) is 14.1. The average molecular weight is 314 g/mol. The van der Waals surface area contributed by atoms with Crippen molar-refractivity contribution in [3.63, 3.8) is 0 Å². The van der Waals surface area contributed by atoms with E-state index in [0.717, 1.165) is 31.6 Å². The molecule has 2 fully saturated rings. The van der Waals surface area contributed by atoms with Gasteiger partial charge < -0.3 is 9.80 Å². The first-order valence-electron chi connectivity index (χ1n) is 8.76. The first-order chi connectivity index (χ1) is 11.1. The van der Waals surface area contributed by atoms with Gasteiger partial charge in [-0.25, -0.2) is 0 Å². The number of amides is 2. The van der Waals surface area contributed by atoms with Crippen LogP contribution in [0.1, 0.15) is 38.7 Å². The van der Waals surface area contributed by atoms with Crippen LogP contribution in [-0.2, 0) is 16.0 Å². The van der Waals surface area contributed by atoms with E-state index >= 15 is 0 Å². The van der Waals surface area contributed by atoms with Gasteiger partial charge in [0.05, 0.1) is 5.92 Å². The van der Waals surface area contributed by atoms with E-state index in [-0.39, 0.29) is 17.7 Å². The van der Waals surface area contributed by atoms with Crippen molar-refractivity contribution in [2.24, 2.45) is 11.8 Å². The van der Waals surface area contributed by atoms with Crippen LogP contribution in [0.4, 0.5) is 5.69 Å². The second-order valence-electron chi connectivity index (χ2n) is 6.96. The van der Waals surface area contributed by atoms with Crippen molar-refractivity contribution in [2.75, 3.05) is 24.5 Å². The molecule has 4 heteroatoms. The molecule has 0 aromatic heterocycles. The predicted molar refractivity (Wildman–Crippen MR) is 91.3 cm³/mol. The number of anilines is 1. The van der Waals surface area contributed by atoms with Crippen LogP contribution in [0.3, 0.4) is 0 Å². The van der Waals surface area contributed by atoms with Gasteiger partial charge in [-0.2, -0.15) is 0 Å². The molecule has 0 spiro atoms. The van der Waals surface area contributed by atoms with Gasteiger partial charge in [0.1, 0.15) is 0 Å². The second-order valence-corrected chi connectivity index (χ2v) is 6.96. The van der Waals surface area contributed by atoms with Crippen LogP contribution in [0, 0.1) is 11.8 Å². The molecule has 0 N–H and O–H groups in total. The van der Waals surface area contributed by atoms with E-state index < -0.39 is 0 Å². The molecule has 0 aliphatic carbocycles. The maximum atomic E-state index is 12.7. The molecule has 2 amide bonds. The normalized spacial score (nSPS) is 25.0. The van der Waals surface area contributed by atoms with Crippen molar-refractivity contribution in [1.82, 2.24) is 4.90 Å². The Morgan fingerprint density at radius 2 is 1.96 bits per heavy atom. The summed E-state index contributed by atoms with van der Waals surface area (Å²) >= 11 is 0. The zero-order valence-corrected chi connectivity index (χ0v) is 14.1. The van der Waals surface area contributed by atoms with Gasteiger partial charge in [-0.3, -0.25) is 9.59 Å². The van der Waals surface area contributed by atoms with Gasteiger partial charge in [-0.1, -0.05) is 26.0 Å². The number of benzene rings is 1. The minimum absolute atomic E-state index is 0.0673. The first-order valence-corrected chi connectivity index (χ1v) is 8.76. The lowest BCUT2D eigenvalue weighted by Gasteiger charge is -2.32. The molecule has 0 radical (unpaired) electrons. The molecule has 2 heterocycles. The lowest BCUT2D eigenvalue weighted by atomic mass is 9.98. The number of aryl methyl sites for hydroxylation is 1. The summed E-state index contributed by atoms with van der Waals surface area (Å²) in [7, 11) is 0. The number of carbonyl (C=O) groups is 2. The highest BCUT2D eigenvalue weighted by Gasteiger charge is 2.37. The van der Waals surface area contributed by atoms with Crippen LogP contribution < -0.4 is 4.90 Å². The van der Waals surface area contributed by atoms with Crippen molar-refractivity contribution < 1.29 is 9.59 Å². The van der Waals surface area contributed by atoms with Crippen LogP contribution in [0.25, 0.3) is 0 Å². The van der Waals surface area contributed by atoms with Gasteiger partial charge in [0.2, 0.25) is 11.8 Å². The van der Waals surface area contributed by atoms with E-state index in [2.05, 4.69) is 26.0 Å². The summed E-state index contributed by atoms with van der Waals surface area (Å²) in [5, 5.41) is 0. The highest BCUT2D eigenvalue weighted by atomic mass is 16.2. The topological polar surface area (TPSA) is 40.6 Å². The minimum atomic E-state index is -0.182. The fourth-order valence-electron chi connectivity index (χ4n) is 3.68. The fraction of sp³-hybridized carbons (Fsp3) is 0.579. The molecular formula is C19H26N2O2. The van der Waals surface area contributed by atoms with Gasteiger partial charge in [0, 0.05) is 31.7 Å². The Hall–Kier alpha value is -1.84. The summed E-state index contributed by atoms with van der Waals surface area (Å²) in [5.41, 5.74) is 2.17. The fourth-order valence-corrected chi connectivity index (χ4v) is 3.68. The van der Waals surface area contributed by atoms with Gasteiger partial charge in [0.25, 0.3) is 0 Å². The maximum absolute atomic E-state index is 12.7. The highest BCUT2D eigenvalue weighted by molar-refractivity contribution is 6.00. The Kier molecular flexibility index (Phi) is 4.69. The van der Waals surface area contributed by atoms with Crippen LogP contribution in [0.15, 0.2) is 24.3 Å². The van der Waals surface area contributed by atoms with Crippen molar-refractivity contribution >= 4 is 17.5 Å². The Morgan fingerprint density at radius 3 is 2.61 bits per heavy atom. The molecule has 3 rings (SSSR count). The maximum Gasteiger partial charge on any atom is 0.228 e. The van der Waals surface area contributed by atoms with Crippen LogP contribution in [-0.4, -0.2) is 36.3 Å². The zero-order chi connectivity index (χ0) is 16.4. The van der Waals surface area contributed by atoms with Gasteiger partial charge in [-0.15, -0.1) is 0 Å². The van der Waals surface area contributed by atoms with Gasteiger partial charge in [-0.05, 0) is 42.9 Å². The number of nitrogens with zero attached hydrogens (tertiary/aromatic N) is 2. The molecule has 2 atom stereocenters. The number of likely N-dealkylation sites (tertiary alicyclic amines) is 1. The molecule has 23 heavy (non-hydrogen) atoms. The molecule has 1 aromatic carbocycles. The average Bonchev–Trinajstić information content (AvgIpc) is 2.96. The molecule has 2 aliphatic rings. The Balaban J connectivity index is 1.67. The smallest absolute Gasteiger partial charge is 0.228 e. The van der Waals surface area contributed by atoms with Crippen LogP contribution in [0.5, 0.6) is 0 Å². The summed E-state index contributed by atoms with van der Waals surface area (Å²) < 4.78 is 0. The van der Waals surface area contributed by atoms with Crippen molar-refractivity contribution in [2.45, 2.75) is 39.5 Å². The third kappa shape index (κ3) is 3.41. The number of hydrogen-bond acceptors (Lipinski definition) is 2. The monoisotopic (exact) mass is 314 g/mol. The molecule has 4 nitrogen and oxygen atoms in total. The first kappa shape index (κ1) is 16.0. The molecule has 0 bridgehead atoms. The predicted octanol–water partition coefficient (Wildman–Crippen LogP) is 2.86. The number of hydrogen-bond donors (Lipinski definition) is 0. The third-order valence-electron chi connectivity index (χ3n) is 5.10. The van der Waals surface area contributed by atoms with E-state index in [1.54, 1.807) is 4.90 Å². The van der Waals surface area contributed by atoms with E-state index in [9.17, 15) is 9.59 Å². The molecule has 124 valence electrons. The van der Waals surface area contributed by atoms with Crippen LogP contribution >= 0.6 is 0 Å². The molecule has 1 aromatic rings. The van der Waals surface area contributed by atoms with Crippen molar-refractivity contribution in [3.8, 4) is 0 Å². The molecule has 0 saturated carbocycles. The number of rotatable bonds is 3. The van der Waals surface area contributed by atoms with E-state index in [4.69, 9.17) is 0 Å². The molecule has 2 saturated heterocycles. The largest absolute Gasteiger partial charge is 0.342 e. The van der Waals surface area contributed by atoms with Crippen molar-refractivity contribution in [1.29, 1.82) is 0 Å². The number of piperidine rings is 1. The Labute approximate surface area is 138 Å². The Bertz CT molecular complexity index is 582. The molecule has 2 aliphatic heterocycles. The summed E-state index contributed by atoms with van der Waals surface area (Å²) in [6.45, 7) is 6.52. The highest BCUT2D eigenvalue weighted by Crippen LogP contribution is 2.28. The van der Waals surface area contributed by atoms with E-state index in [0.29, 0.717) is 18.9 Å². The third-order valence-corrected chi connectivity index (χ3v) is 5.10. The van der Waals surface area contributed by atoms with Gasteiger partial charge >= 0.3 is 0 Å². The second kappa shape index (κ2) is 6.73. The quantitative estimate of drug-likeness (QED) is 0.861. The summed E-state index contributed by atoms with van der Waals surface area (Å²) in [6.07, 6.45) is 3.61. The van der Waals surface area contributed by atoms with Gasteiger partial charge in [0.15, 0.2) is 0 Å². The summed E-state index contributed by atoms with van der Waals surface area (Å²) in [6, 6.07) is 8.10. The number of carbonyl (C=O) groups excluding carboxylic acids is 2. The molecular weight excluding hydrogens is 288 g/mol. The molecule has 2 unspecified atom stereocenters.